The summed E-state index contributed by atoms with van der Waals surface area (Å²) in [5.41, 5.74) is -0.00885. The molecular weight excluding hydrogens is 256 g/mol. The summed E-state index contributed by atoms with van der Waals surface area (Å²) in [7, 11) is 0. The van der Waals surface area contributed by atoms with Crippen LogP contribution >= 0.6 is 0 Å². The van der Waals surface area contributed by atoms with Gasteiger partial charge in [0.05, 0.1) is 0 Å². The maximum absolute atomic E-state index is 11.7. The Bertz CT molecular complexity index is 342. The molecule has 1 aliphatic rings. The van der Waals surface area contributed by atoms with Crippen molar-refractivity contribution >= 4 is 11.8 Å². The molecule has 3 N–H and O–H groups in total. The van der Waals surface area contributed by atoms with E-state index in [1.807, 2.05) is 0 Å². The molecule has 5 heteroatoms. The van der Waals surface area contributed by atoms with Crippen molar-refractivity contribution in [2.45, 2.75) is 46.5 Å². The largest absolute Gasteiger partial charge is 0.396 e. The predicted octanol–water partition coefficient (Wildman–Crippen LogP) is 1.06. The van der Waals surface area contributed by atoms with Crippen LogP contribution in [0.15, 0.2) is 0 Å². The lowest BCUT2D eigenvalue weighted by molar-refractivity contribution is -0.123. The van der Waals surface area contributed by atoms with E-state index in [0.29, 0.717) is 25.4 Å². The second kappa shape index (κ2) is 7.62. The average Bonchev–Trinajstić information content (AvgIpc) is 3.11. The van der Waals surface area contributed by atoms with E-state index >= 15 is 0 Å². The molecule has 2 atom stereocenters. The Balaban J connectivity index is 2.09. The van der Waals surface area contributed by atoms with Crippen LogP contribution in [0.1, 0.15) is 46.5 Å². The van der Waals surface area contributed by atoms with Gasteiger partial charge >= 0.3 is 0 Å². The van der Waals surface area contributed by atoms with Gasteiger partial charge < -0.3 is 15.7 Å². The number of carbonyl (C=O) groups excluding carboxylic acids is 2. The molecule has 1 fully saturated rings. The van der Waals surface area contributed by atoms with Crippen molar-refractivity contribution in [1.29, 1.82) is 0 Å². The molecule has 2 unspecified atom stereocenters. The van der Waals surface area contributed by atoms with Crippen molar-refractivity contribution in [2.24, 2.45) is 17.3 Å². The Labute approximate surface area is 121 Å². The summed E-state index contributed by atoms with van der Waals surface area (Å²) in [6.07, 6.45) is 2.92. The predicted molar refractivity (Wildman–Crippen MR) is 78.0 cm³/mol. The summed E-state index contributed by atoms with van der Waals surface area (Å²) in [5, 5.41) is 14.5. The first-order chi connectivity index (χ1) is 9.35. The molecule has 0 aromatic rings. The smallest absolute Gasteiger partial charge is 0.223 e. The van der Waals surface area contributed by atoms with Gasteiger partial charge in [-0.2, -0.15) is 0 Å². The first-order valence-electron chi connectivity index (χ1n) is 7.51. The highest BCUT2D eigenvalue weighted by Crippen LogP contribution is 2.37. The van der Waals surface area contributed by atoms with Crippen LogP contribution in [0, 0.1) is 17.3 Å². The summed E-state index contributed by atoms with van der Waals surface area (Å²) in [6.45, 7) is 7.39. The van der Waals surface area contributed by atoms with Crippen molar-refractivity contribution in [2.75, 3.05) is 19.7 Å². The number of rotatable bonds is 9. The van der Waals surface area contributed by atoms with Crippen molar-refractivity contribution in [3.05, 3.63) is 0 Å². The van der Waals surface area contributed by atoms with Crippen molar-refractivity contribution in [3.8, 4) is 0 Å². The van der Waals surface area contributed by atoms with E-state index in [2.05, 4.69) is 31.4 Å². The molecule has 0 aromatic carbocycles. The highest BCUT2D eigenvalue weighted by Gasteiger charge is 2.38. The van der Waals surface area contributed by atoms with Gasteiger partial charge in [-0.1, -0.05) is 20.8 Å². The van der Waals surface area contributed by atoms with Crippen LogP contribution in [0.5, 0.6) is 0 Å². The first-order valence-corrected chi connectivity index (χ1v) is 7.51. The van der Waals surface area contributed by atoms with Gasteiger partial charge in [0.1, 0.15) is 0 Å². The monoisotopic (exact) mass is 284 g/mol. The lowest BCUT2D eigenvalue weighted by atomic mass is 9.88. The highest BCUT2D eigenvalue weighted by molar-refractivity contribution is 5.82. The van der Waals surface area contributed by atoms with E-state index in [0.717, 1.165) is 19.3 Å². The molecule has 116 valence electrons. The Morgan fingerprint density at radius 2 is 1.95 bits per heavy atom. The second-order valence-electron chi connectivity index (χ2n) is 6.63. The molecule has 0 spiro atoms. The lowest BCUT2D eigenvalue weighted by Crippen LogP contribution is -2.36. The molecule has 1 saturated carbocycles. The third-order valence-corrected chi connectivity index (χ3v) is 3.87. The minimum atomic E-state index is -0.0359. The average molecular weight is 284 g/mol. The van der Waals surface area contributed by atoms with Gasteiger partial charge in [0, 0.05) is 32.0 Å². The molecule has 1 aliphatic carbocycles. The normalized spacial score (nSPS) is 21.4. The minimum absolute atomic E-state index is 0.00885. The number of nitrogens with one attached hydrogen (secondary N) is 2. The molecule has 1 rings (SSSR count). The van der Waals surface area contributed by atoms with Gasteiger partial charge in [0.2, 0.25) is 11.8 Å². The number of carbonyl (C=O) groups is 2. The van der Waals surface area contributed by atoms with Crippen LogP contribution in [-0.4, -0.2) is 36.6 Å². The van der Waals surface area contributed by atoms with E-state index in [-0.39, 0.29) is 29.8 Å². The topological polar surface area (TPSA) is 78.4 Å². The zero-order chi connectivity index (χ0) is 15.2. The quantitative estimate of drug-likeness (QED) is 0.592. The SMILES string of the molecule is CC1CC1C(=O)NCCC(=O)NCC(C)(C)CCCO. The van der Waals surface area contributed by atoms with Gasteiger partial charge in [0.25, 0.3) is 0 Å². The Morgan fingerprint density at radius 1 is 1.30 bits per heavy atom. The van der Waals surface area contributed by atoms with Crippen molar-refractivity contribution < 1.29 is 14.7 Å². The van der Waals surface area contributed by atoms with E-state index in [1.54, 1.807) is 0 Å². The first kappa shape index (κ1) is 17.0. The molecule has 0 heterocycles. The van der Waals surface area contributed by atoms with Gasteiger partial charge in [-0.3, -0.25) is 9.59 Å². The highest BCUT2D eigenvalue weighted by atomic mass is 16.3. The molecule has 5 nitrogen and oxygen atoms in total. The van der Waals surface area contributed by atoms with E-state index < -0.39 is 0 Å². The van der Waals surface area contributed by atoms with Crippen LogP contribution in [0.4, 0.5) is 0 Å². The third-order valence-electron chi connectivity index (χ3n) is 3.87. The molecule has 2 amide bonds. The molecule has 0 bridgehead atoms. The third kappa shape index (κ3) is 6.37. The number of hydrogen-bond donors (Lipinski definition) is 3. The number of amides is 2. The number of aliphatic hydroxyl groups is 1. The summed E-state index contributed by atoms with van der Waals surface area (Å²) >= 11 is 0. The summed E-state index contributed by atoms with van der Waals surface area (Å²) in [4.78, 5) is 23.2. The fourth-order valence-electron chi connectivity index (χ4n) is 2.19. The molecular formula is C15H28N2O3. The van der Waals surface area contributed by atoms with E-state index in [4.69, 9.17) is 5.11 Å². The van der Waals surface area contributed by atoms with Gasteiger partial charge in [-0.05, 0) is 30.6 Å². The van der Waals surface area contributed by atoms with Crippen molar-refractivity contribution in [3.63, 3.8) is 0 Å². The van der Waals surface area contributed by atoms with Crippen LogP contribution in [0.3, 0.4) is 0 Å². The number of hydrogen-bond acceptors (Lipinski definition) is 3. The van der Waals surface area contributed by atoms with E-state index in [9.17, 15) is 9.59 Å². The maximum Gasteiger partial charge on any atom is 0.223 e. The summed E-state index contributed by atoms with van der Waals surface area (Å²) in [5.74, 6) is 0.700. The summed E-state index contributed by atoms with van der Waals surface area (Å²) in [6, 6.07) is 0. The molecule has 20 heavy (non-hydrogen) atoms. The van der Waals surface area contributed by atoms with Gasteiger partial charge in [-0.15, -0.1) is 0 Å². The Morgan fingerprint density at radius 3 is 2.50 bits per heavy atom. The molecule has 0 saturated heterocycles. The Hall–Kier alpha value is -1.10. The maximum atomic E-state index is 11.7. The second-order valence-corrected chi connectivity index (χ2v) is 6.63. The van der Waals surface area contributed by atoms with Crippen LogP contribution in [-0.2, 0) is 9.59 Å². The van der Waals surface area contributed by atoms with Crippen LogP contribution in [0.25, 0.3) is 0 Å². The molecule has 0 aromatic heterocycles. The van der Waals surface area contributed by atoms with Gasteiger partial charge in [0.15, 0.2) is 0 Å². The summed E-state index contributed by atoms with van der Waals surface area (Å²) < 4.78 is 0. The molecule has 0 radical (unpaired) electrons. The van der Waals surface area contributed by atoms with Crippen molar-refractivity contribution in [1.82, 2.24) is 10.6 Å². The van der Waals surface area contributed by atoms with Crippen LogP contribution in [0.2, 0.25) is 0 Å². The zero-order valence-corrected chi connectivity index (χ0v) is 12.9. The fraction of sp³-hybridized carbons (Fsp3) is 0.867. The standard InChI is InChI=1S/C15H28N2O3/c1-11-9-12(11)14(20)16-7-5-13(19)17-10-15(2,3)6-4-8-18/h11-12,18H,4-10H2,1-3H3,(H,16,20)(H,17,19). The molecule has 0 aliphatic heterocycles. The number of aliphatic hydroxyl groups excluding tert-OH is 1. The fourth-order valence-corrected chi connectivity index (χ4v) is 2.19. The minimum Gasteiger partial charge on any atom is -0.396 e. The van der Waals surface area contributed by atoms with Gasteiger partial charge in [-0.25, -0.2) is 0 Å². The zero-order valence-electron chi connectivity index (χ0n) is 12.9. The Kier molecular flexibility index (Phi) is 6.46. The lowest BCUT2D eigenvalue weighted by Gasteiger charge is -2.24. The van der Waals surface area contributed by atoms with Crippen LogP contribution < -0.4 is 10.6 Å². The van der Waals surface area contributed by atoms with E-state index in [1.165, 1.54) is 0 Å².